The van der Waals surface area contributed by atoms with Gasteiger partial charge in [0.1, 0.15) is 5.82 Å². The van der Waals surface area contributed by atoms with Crippen LogP contribution >= 0.6 is 22.6 Å². The molecule has 0 spiro atoms. The van der Waals surface area contributed by atoms with E-state index in [0.29, 0.717) is 37.8 Å². The quantitative estimate of drug-likeness (QED) is 0.141. The van der Waals surface area contributed by atoms with Crippen LogP contribution in [0, 0.1) is 9.39 Å². The van der Waals surface area contributed by atoms with Crippen molar-refractivity contribution in [2.24, 2.45) is 5.10 Å². The molecule has 3 aromatic carbocycles. The van der Waals surface area contributed by atoms with Gasteiger partial charge in [0.15, 0.2) is 29.6 Å². The van der Waals surface area contributed by atoms with Crippen LogP contribution in [0.5, 0.6) is 23.0 Å². The van der Waals surface area contributed by atoms with Crippen molar-refractivity contribution in [3.8, 4) is 23.0 Å². The number of hydrogen-bond acceptors (Lipinski definition) is 8. The number of nitrogens with zero attached hydrogens (tertiary/aromatic N) is 1. The summed E-state index contributed by atoms with van der Waals surface area (Å²) in [4.78, 5) is 36.4. The van der Waals surface area contributed by atoms with E-state index in [9.17, 15) is 18.8 Å². The minimum absolute atomic E-state index is 0.116. The second kappa shape index (κ2) is 12.9. The summed E-state index contributed by atoms with van der Waals surface area (Å²) in [6.45, 7) is -0.0533. The molecule has 0 aromatic heterocycles. The van der Waals surface area contributed by atoms with E-state index < -0.39 is 23.5 Å². The first-order chi connectivity index (χ1) is 18.8. The topological polar surface area (TPSA) is 137 Å². The number of anilines is 1. The van der Waals surface area contributed by atoms with Crippen molar-refractivity contribution in [2.75, 3.05) is 25.8 Å². The molecule has 0 radical (unpaired) electrons. The maximum absolute atomic E-state index is 13.0. The smallest absolute Gasteiger partial charge is 0.329 e. The van der Waals surface area contributed by atoms with Gasteiger partial charge < -0.3 is 29.6 Å². The van der Waals surface area contributed by atoms with Crippen LogP contribution in [0.3, 0.4) is 0 Å². The van der Waals surface area contributed by atoms with E-state index in [1.165, 1.54) is 37.6 Å². The minimum Gasteiger partial charge on any atom is -0.493 e. The van der Waals surface area contributed by atoms with Crippen molar-refractivity contribution in [1.29, 1.82) is 0 Å². The lowest BCUT2D eigenvalue weighted by atomic mass is 10.2. The van der Waals surface area contributed by atoms with Crippen molar-refractivity contribution in [3.63, 3.8) is 0 Å². The Balaban J connectivity index is 1.28. The molecule has 3 aromatic rings. The number of rotatable bonds is 9. The summed E-state index contributed by atoms with van der Waals surface area (Å²) in [7, 11) is 1.43. The van der Waals surface area contributed by atoms with Crippen molar-refractivity contribution >= 4 is 52.2 Å². The van der Waals surface area contributed by atoms with Crippen molar-refractivity contribution in [3.05, 3.63) is 75.1 Å². The Kier molecular flexibility index (Phi) is 9.14. The monoisotopic (exact) mass is 648 g/mol. The first kappa shape index (κ1) is 27.6. The number of nitrogens with one attached hydrogen (secondary N) is 3. The number of halogens is 2. The van der Waals surface area contributed by atoms with E-state index in [-0.39, 0.29) is 19.9 Å². The number of hydrazone groups is 1. The molecule has 0 saturated heterocycles. The SMILES string of the molecule is COc1cc(/C=N\NC(=O)C(=O)NCc2ccc3c(c2)OCO3)cc(I)c1OCC(=O)Nc1ccc(F)cc1. The van der Waals surface area contributed by atoms with Crippen LogP contribution < -0.4 is 35.0 Å². The average molecular weight is 648 g/mol. The van der Waals surface area contributed by atoms with E-state index in [4.69, 9.17) is 18.9 Å². The van der Waals surface area contributed by atoms with E-state index in [1.54, 1.807) is 30.3 Å². The lowest BCUT2D eigenvalue weighted by Gasteiger charge is -2.13. The van der Waals surface area contributed by atoms with Gasteiger partial charge in [0.25, 0.3) is 5.91 Å². The number of ether oxygens (including phenoxy) is 4. The number of methoxy groups -OCH3 is 1. The highest BCUT2D eigenvalue weighted by molar-refractivity contribution is 14.1. The van der Waals surface area contributed by atoms with E-state index >= 15 is 0 Å². The summed E-state index contributed by atoms with van der Waals surface area (Å²) >= 11 is 2.00. The largest absolute Gasteiger partial charge is 0.493 e. The molecule has 3 N–H and O–H groups in total. The van der Waals surface area contributed by atoms with Gasteiger partial charge >= 0.3 is 11.8 Å². The standard InChI is InChI=1S/C26H22FIN4O7/c1-36-22-10-16(8-19(28)24(22)37-13-23(33)31-18-5-3-17(27)4-6-18)12-30-32-26(35)25(34)29-11-15-2-7-20-21(9-15)39-14-38-20/h2-10,12H,11,13-14H2,1H3,(H,29,34)(H,31,33)(H,32,35)/b30-12-. The molecule has 4 rings (SSSR count). The molecule has 0 aliphatic carbocycles. The molecule has 202 valence electrons. The van der Waals surface area contributed by atoms with E-state index in [0.717, 1.165) is 5.56 Å². The molecule has 11 nitrogen and oxygen atoms in total. The molecule has 39 heavy (non-hydrogen) atoms. The molecule has 1 heterocycles. The molecule has 0 bridgehead atoms. The molecule has 0 saturated carbocycles. The third-order valence-corrected chi connectivity index (χ3v) is 6.00. The maximum Gasteiger partial charge on any atom is 0.329 e. The summed E-state index contributed by atoms with van der Waals surface area (Å²) < 4.78 is 35.2. The number of hydrogen-bond donors (Lipinski definition) is 3. The zero-order valence-corrected chi connectivity index (χ0v) is 22.6. The fourth-order valence-corrected chi connectivity index (χ4v) is 4.13. The lowest BCUT2D eigenvalue weighted by molar-refractivity contribution is -0.139. The fraction of sp³-hybridized carbons (Fsp3) is 0.154. The molecular weight excluding hydrogens is 626 g/mol. The number of carbonyl (C=O) groups is 3. The predicted octanol–water partition coefficient (Wildman–Crippen LogP) is 2.95. The van der Waals surface area contributed by atoms with Gasteiger partial charge in [-0.3, -0.25) is 14.4 Å². The Labute approximate surface area is 235 Å². The molecule has 3 amide bonds. The molecule has 13 heteroatoms. The molecule has 1 aliphatic heterocycles. The van der Waals surface area contributed by atoms with Crippen LogP contribution in [-0.2, 0) is 20.9 Å². The van der Waals surface area contributed by atoms with Crippen LogP contribution in [-0.4, -0.2) is 44.4 Å². The summed E-state index contributed by atoms with van der Waals surface area (Å²) in [6, 6.07) is 13.8. The highest BCUT2D eigenvalue weighted by Crippen LogP contribution is 2.34. The number of fused-ring (bicyclic) bond motifs is 1. The summed E-state index contributed by atoms with van der Waals surface area (Å²) in [5.74, 6) is -0.805. The van der Waals surface area contributed by atoms with Gasteiger partial charge in [-0.25, -0.2) is 9.82 Å². The van der Waals surface area contributed by atoms with Gasteiger partial charge in [-0.05, 0) is 82.2 Å². The second-order valence-corrected chi connectivity index (χ2v) is 9.11. The van der Waals surface area contributed by atoms with Gasteiger partial charge in [0.2, 0.25) is 6.79 Å². The van der Waals surface area contributed by atoms with Gasteiger partial charge in [-0.1, -0.05) is 6.07 Å². The average Bonchev–Trinajstić information content (AvgIpc) is 3.40. The zero-order chi connectivity index (χ0) is 27.8. The number of carbonyl (C=O) groups excluding carboxylic acids is 3. The van der Waals surface area contributed by atoms with Gasteiger partial charge in [0.05, 0.1) is 16.9 Å². The van der Waals surface area contributed by atoms with Crippen molar-refractivity contribution in [2.45, 2.75) is 6.54 Å². The summed E-state index contributed by atoms with van der Waals surface area (Å²) in [5, 5.41) is 8.94. The molecular formula is C26H22FIN4O7. The van der Waals surface area contributed by atoms with Crippen LogP contribution in [0.15, 0.2) is 59.7 Å². The van der Waals surface area contributed by atoms with Crippen molar-refractivity contribution in [1.82, 2.24) is 10.7 Å². The highest BCUT2D eigenvalue weighted by Gasteiger charge is 2.16. The summed E-state index contributed by atoms with van der Waals surface area (Å²) in [5.41, 5.74) is 3.88. The Morgan fingerprint density at radius 2 is 1.82 bits per heavy atom. The predicted molar refractivity (Wildman–Crippen MR) is 146 cm³/mol. The summed E-state index contributed by atoms with van der Waals surface area (Å²) in [6.07, 6.45) is 1.33. The first-order valence-electron chi connectivity index (χ1n) is 11.4. The zero-order valence-electron chi connectivity index (χ0n) is 20.5. The third kappa shape index (κ3) is 7.56. The maximum atomic E-state index is 13.0. The second-order valence-electron chi connectivity index (χ2n) is 7.95. The Bertz CT molecular complexity index is 1420. The van der Waals surface area contributed by atoms with Gasteiger partial charge in [-0.2, -0.15) is 5.10 Å². The first-order valence-corrected chi connectivity index (χ1v) is 12.5. The highest BCUT2D eigenvalue weighted by atomic mass is 127. The van der Waals surface area contributed by atoms with Crippen LogP contribution in [0.2, 0.25) is 0 Å². The lowest BCUT2D eigenvalue weighted by Crippen LogP contribution is -2.37. The molecule has 0 unspecified atom stereocenters. The van der Waals surface area contributed by atoms with Crippen LogP contribution in [0.25, 0.3) is 0 Å². The van der Waals surface area contributed by atoms with Gasteiger partial charge in [0, 0.05) is 12.2 Å². The number of benzene rings is 3. The third-order valence-electron chi connectivity index (χ3n) is 5.20. The van der Waals surface area contributed by atoms with Gasteiger partial charge in [-0.15, -0.1) is 0 Å². The fourth-order valence-electron chi connectivity index (χ4n) is 3.35. The Morgan fingerprint density at radius 3 is 2.59 bits per heavy atom. The molecule has 1 aliphatic rings. The molecule has 0 fully saturated rings. The van der Waals surface area contributed by atoms with Crippen LogP contribution in [0.4, 0.5) is 10.1 Å². The van der Waals surface area contributed by atoms with E-state index in [2.05, 4.69) is 21.2 Å². The Morgan fingerprint density at radius 1 is 1.05 bits per heavy atom. The van der Waals surface area contributed by atoms with E-state index in [1.807, 2.05) is 22.6 Å². The van der Waals surface area contributed by atoms with Crippen LogP contribution in [0.1, 0.15) is 11.1 Å². The molecule has 0 atom stereocenters. The number of amides is 3. The normalized spacial score (nSPS) is 11.7. The van der Waals surface area contributed by atoms with Crippen molar-refractivity contribution < 1.29 is 37.7 Å². The minimum atomic E-state index is -0.944. The Hall–Kier alpha value is -4.40.